The average molecular weight is 246 g/mol. The molecule has 3 nitrogen and oxygen atoms in total. The maximum Gasteiger partial charge on any atom is 0.335 e. The Morgan fingerprint density at radius 1 is 1.17 bits per heavy atom. The Balaban J connectivity index is 2.51. The maximum absolute atomic E-state index is 13.1. The van der Waals surface area contributed by atoms with Gasteiger partial charge in [-0.2, -0.15) is 0 Å². The van der Waals surface area contributed by atoms with Gasteiger partial charge in [-0.15, -0.1) is 0 Å². The molecule has 18 heavy (non-hydrogen) atoms. The first-order valence-corrected chi connectivity index (χ1v) is 5.32. The largest absolute Gasteiger partial charge is 0.507 e. The smallest absolute Gasteiger partial charge is 0.335 e. The highest BCUT2D eigenvalue weighted by Gasteiger charge is 2.10. The predicted molar refractivity (Wildman–Crippen MR) is 65.2 cm³/mol. The normalized spacial score (nSPS) is 10.3. The second-order valence-corrected chi connectivity index (χ2v) is 4.00. The molecule has 0 atom stereocenters. The Morgan fingerprint density at radius 3 is 2.44 bits per heavy atom. The predicted octanol–water partition coefficient (Wildman–Crippen LogP) is 3.20. The van der Waals surface area contributed by atoms with Crippen LogP contribution in [0.15, 0.2) is 36.4 Å². The van der Waals surface area contributed by atoms with Gasteiger partial charge in [0.05, 0.1) is 5.56 Å². The lowest BCUT2D eigenvalue weighted by molar-refractivity contribution is 0.0696. The van der Waals surface area contributed by atoms with Crippen molar-refractivity contribution in [2.24, 2.45) is 0 Å². The van der Waals surface area contributed by atoms with E-state index in [1.54, 1.807) is 13.0 Å². The zero-order chi connectivity index (χ0) is 13.3. The first-order chi connectivity index (χ1) is 8.49. The van der Waals surface area contributed by atoms with Gasteiger partial charge in [-0.3, -0.25) is 0 Å². The molecule has 0 saturated heterocycles. The van der Waals surface area contributed by atoms with Crippen molar-refractivity contribution in [3.05, 3.63) is 53.3 Å². The number of aryl methyl sites for hydroxylation is 1. The van der Waals surface area contributed by atoms with E-state index in [-0.39, 0.29) is 17.1 Å². The number of carbonyl (C=O) groups is 1. The van der Waals surface area contributed by atoms with Crippen molar-refractivity contribution >= 4 is 5.97 Å². The Bertz CT molecular complexity index is 620. The number of aromatic carboxylic acids is 1. The van der Waals surface area contributed by atoms with Crippen molar-refractivity contribution in [3.63, 3.8) is 0 Å². The first kappa shape index (κ1) is 12.1. The molecule has 2 rings (SSSR count). The summed E-state index contributed by atoms with van der Waals surface area (Å²) < 4.78 is 13.1. The molecule has 2 aromatic rings. The van der Waals surface area contributed by atoms with Crippen LogP contribution in [-0.4, -0.2) is 16.2 Å². The van der Waals surface area contributed by atoms with Crippen LogP contribution in [0.2, 0.25) is 0 Å². The molecule has 0 spiro atoms. The quantitative estimate of drug-likeness (QED) is 0.855. The van der Waals surface area contributed by atoms with Gasteiger partial charge in [0.1, 0.15) is 11.6 Å². The van der Waals surface area contributed by atoms with Crippen molar-refractivity contribution in [1.29, 1.82) is 0 Å². The molecule has 2 N–H and O–H groups in total. The molecule has 0 aliphatic rings. The molecule has 0 aliphatic heterocycles. The van der Waals surface area contributed by atoms with Crippen LogP contribution in [-0.2, 0) is 0 Å². The first-order valence-electron chi connectivity index (χ1n) is 5.32. The molecule has 92 valence electrons. The number of phenols is 1. The van der Waals surface area contributed by atoms with Crippen molar-refractivity contribution < 1.29 is 19.4 Å². The molecule has 0 saturated carbocycles. The van der Waals surface area contributed by atoms with E-state index >= 15 is 0 Å². The summed E-state index contributed by atoms with van der Waals surface area (Å²) in [4.78, 5) is 10.7. The average Bonchev–Trinajstić information content (AvgIpc) is 2.32. The topological polar surface area (TPSA) is 57.5 Å². The number of rotatable bonds is 2. The number of carboxylic acids is 1. The number of phenolic OH excluding ortho intramolecular Hbond substituents is 1. The SMILES string of the molecule is Cc1cc(-c2ccc(C(=O)O)cc2O)ccc1F. The Morgan fingerprint density at radius 2 is 1.89 bits per heavy atom. The van der Waals surface area contributed by atoms with Gasteiger partial charge in [0.25, 0.3) is 0 Å². The molecule has 0 aliphatic carbocycles. The summed E-state index contributed by atoms with van der Waals surface area (Å²) in [5.41, 5.74) is 1.59. The minimum Gasteiger partial charge on any atom is -0.507 e. The van der Waals surface area contributed by atoms with E-state index in [0.29, 0.717) is 16.7 Å². The van der Waals surface area contributed by atoms with Crippen molar-refractivity contribution in [3.8, 4) is 16.9 Å². The van der Waals surface area contributed by atoms with E-state index in [2.05, 4.69) is 0 Å². The summed E-state index contributed by atoms with van der Waals surface area (Å²) in [7, 11) is 0. The standard InChI is InChI=1S/C14H11FO3/c1-8-6-9(3-5-12(8)15)11-4-2-10(14(17)18)7-13(11)16/h2-7,16H,1H3,(H,17,18). The van der Waals surface area contributed by atoms with E-state index < -0.39 is 5.97 Å². The monoisotopic (exact) mass is 246 g/mol. The van der Waals surface area contributed by atoms with E-state index in [0.717, 1.165) is 0 Å². The summed E-state index contributed by atoms with van der Waals surface area (Å²) in [6.45, 7) is 1.63. The summed E-state index contributed by atoms with van der Waals surface area (Å²) in [5, 5.41) is 18.6. The molecule has 0 heterocycles. The fraction of sp³-hybridized carbons (Fsp3) is 0.0714. The third-order valence-electron chi connectivity index (χ3n) is 2.71. The van der Waals surface area contributed by atoms with Gasteiger partial charge >= 0.3 is 5.97 Å². The van der Waals surface area contributed by atoms with Gasteiger partial charge in [-0.05, 0) is 48.4 Å². The summed E-state index contributed by atoms with van der Waals surface area (Å²) in [5.74, 6) is -1.56. The maximum atomic E-state index is 13.1. The Hall–Kier alpha value is -2.36. The van der Waals surface area contributed by atoms with Crippen LogP contribution >= 0.6 is 0 Å². The molecule has 0 bridgehead atoms. The molecule has 0 radical (unpaired) electrons. The van der Waals surface area contributed by atoms with Crippen molar-refractivity contribution in [2.45, 2.75) is 6.92 Å². The van der Waals surface area contributed by atoms with Gasteiger partial charge in [-0.1, -0.05) is 6.07 Å². The second kappa shape index (κ2) is 4.49. The lowest BCUT2D eigenvalue weighted by Crippen LogP contribution is -1.95. The van der Waals surface area contributed by atoms with Crippen LogP contribution in [0.5, 0.6) is 5.75 Å². The van der Waals surface area contributed by atoms with E-state index in [1.165, 1.54) is 30.3 Å². The number of halogens is 1. The summed E-state index contributed by atoms with van der Waals surface area (Å²) in [6, 6.07) is 8.54. The number of aromatic hydroxyl groups is 1. The zero-order valence-electron chi connectivity index (χ0n) is 9.64. The molecule has 0 amide bonds. The van der Waals surface area contributed by atoms with Gasteiger partial charge in [0, 0.05) is 5.56 Å². The van der Waals surface area contributed by atoms with Gasteiger partial charge in [-0.25, -0.2) is 9.18 Å². The van der Waals surface area contributed by atoms with Crippen LogP contribution < -0.4 is 0 Å². The Kier molecular flexibility index (Phi) is 3.02. The van der Waals surface area contributed by atoms with Gasteiger partial charge in [0.15, 0.2) is 0 Å². The van der Waals surface area contributed by atoms with Crippen LogP contribution in [0.4, 0.5) is 4.39 Å². The minimum atomic E-state index is -1.10. The lowest BCUT2D eigenvalue weighted by Gasteiger charge is -2.07. The van der Waals surface area contributed by atoms with Crippen LogP contribution in [0.25, 0.3) is 11.1 Å². The van der Waals surface area contributed by atoms with E-state index in [4.69, 9.17) is 5.11 Å². The van der Waals surface area contributed by atoms with Crippen LogP contribution in [0.3, 0.4) is 0 Å². The molecular formula is C14H11FO3. The molecule has 0 aromatic heterocycles. The van der Waals surface area contributed by atoms with Gasteiger partial charge in [0.2, 0.25) is 0 Å². The molecular weight excluding hydrogens is 235 g/mol. The van der Waals surface area contributed by atoms with Crippen LogP contribution in [0.1, 0.15) is 15.9 Å². The van der Waals surface area contributed by atoms with Crippen LogP contribution in [0, 0.1) is 12.7 Å². The summed E-state index contributed by atoms with van der Waals surface area (Å²) in [6.07, 6.45) is 0. The number of hydrogen-bond acceptors (Lipinski definition) is 2. The molecule has 0 fully saturated rings. The van der Waals surface area contributed by atoms with E-state index in [9.17, 15) is 14.3 Å². The fourth-order valence-corrected chi connectivity index (χ4v) is 1.72. The van der Waals surface area contributed by atoms with Crippen molar-refractivity contribution in [2.75, 3.05) is 0 Å². The number of carboxylic acid groups (broad SMARTS) is 1. The van der Waals surface area contributed by atoms with Crippen molar-refractivity contribution in [1.82, 2.24) is 0 Å². The molecule has 4 heteroatoms. The highest BCUT2D eigenvalue weighted by molar-refractivity contribution is 5.89. The number of benzene rings is 2. The molecule has 2 aromatic carbocycles. The highest BCUT2D eigenvalue weighted by Crippen LogP contribution is 2.30. The minimum absolute atomic E-state index is 0.00934. The summed E-state index contributed by atoms with van der Waals surface area (Å²) >= 11 is 0. The third kappa shape index (κ3) is 2.18. The third-order valence-corrected chi connectivity index (χ3v) is 2.71. The van der Waals surface area contributed by atoms with Gasteiger partial charge < -0.3 is 10.2 Å². The second-order valence-electron chi connectivity index (χ2n) is 4.00. The lowest BCUT2D eigenvalue weighted by atomic mass is 10.0. The highest BCUT2D eigenvalue weighted by atomic mass is 19.1. The Labute approximate surface area is 103 Å². The van der Waals surface area contributed by atoms with E-state index in [1.807, 2.05) is 0 Å². The fourth-order valence-electron chi connectivity index (χ4n) is 1.72. The molecule has 0 unspecified atom stereocenters. The number of hydrogen-bond donors (Lipinski definition) is 2. The zero-order valence-corrected chi connectivity index (χ0v) is 9.64.